The van der Waals surface area contributed by atoms with Crippen LogP contribution in [0.3, 0.4) is 0 Å². The fraction of sp³-hybridized carbons (Fsp3) is 0.294. The molecule has 0 aliphatic carbocycles. The van der Waals surface area contributed by atoms with Crippen LogP contribution in [0.2, 0.25) is 0 Å². The van der Waals surface area contributed by atoms with Crippen molar-refractivity contribution in [3.8, 4) is 5.75 Å². The second-order valence-electron chi connectivity index (χ2n) is 5.37. The maximum Gasteiger partial charge on any atom is 0.340 e. The van der Waals surface area contributed by atoms with Gasteiger partial charge in [0.05, 0.1) is 12.0 Å². The van der Waals surface area contributed by atoms with Gasteiger partial charge in [0.1, 0.15) is 17.9 Å². The molecule has 5 nitrogen and oxygen atoms in total. The van der Waals surface area contributed by atoms with Crippen molar-refractivity contribution in [3.63, 3.8) is 0 Å². The molecule has 1 aromatic heterocycles. The van der Waals surface area contributed by atoms with E-state index in [-0.39, 0.29) is 12.0 Å². The van der Waals surface area contributed by atoms with E-state index in [2.05, 4.69) is 6.58 Å². The molecule has 1 heterocycles. The topological polar surface area (TPSA) is 76.7 Å². The molecule has 0 aliphatic heterocycles. The molecule has 0 atom stereocenters. The van der Waals surface area contributed by atoms with Crippen LogP contribution in [0.5, 0.6) is 5.75 Å². The first kappa shape index (κ1) is 15.8. The number of carbonyl (C=O) groups is 1. The Hall–Kier alpha value is -2.56. The number of hydrogen-bond donors (Lipinski definition) is 1. The van der Waals surface area contributed by atoms with Gasteiger partial charge < -0.3 is 14.3 Å². The van der Waals surface area contributed by atoms with Gasteiger partial charge in [-0.1, -0.05) is 6.58 Å². The Balaban J connectivity index is 2.59. The third-order valence-corrected chi connectivity index (χ3v) is 3.46. The van der Waals surface area contributed by atoms with E-state index in [4.69, 9.17) is 14.3 Å². The zero-order chi connectivity index (χ0) is 16.4. The first-order chi connectivity index (χ1) is 10.3. The Morgan fingerprint density at radius 2 is 2.00 bits per heavy atom. The van der Waals surface area contributed by atoms with Gasteiger partial charge in [-0.25, -0.2) is 4.79 Å². The van der Waals surface area contributed by atoms with Crippen LogP contribution in [-0.4, -0.2) is 17.7 Å². The molecule has 0 fully saturated rings. The predicted molar refractivity (Wildman–Crippen MR) is 83.6 cm³/mol. The maximum absolute atomic E-state index is 12.0. The second-order valence-corrected chi connectivity index (χ2v) is 5.37. The number of benzene rings is 1. The number of carboxylic acid groups (broad SMARTS) is 1. The van der Waals surface area contributed by atoms with Gasteiger partial charge in [0.15, 0.2) is 0 Å². The van der Waals surface area contributed by atoms with E-state index in [1.54, 1.807) is 26.0 Å². The van der Waals surface area contributed by atoms with Gasteiger partial charge in [0.25, 0.3) is 0 Å². The lowest BCUT2D eigenvalue weighted by molar-refractivity contribution is -0.136. The molecule has 5 heteroatoms. The maximum atomic E-state index is 12.0. The number of aliphatic carboxylic acids is 1. The first-order valence-corrected chi connectivity index (χ1v) is 6.86. The molecular formula is C17H18O5. The Morgan fingerprint density at radius 3 is 2.59 bits per heavy atom. The van der Waals surface area contributed by atoms with E-state index in [1.807, 2.05) is 6.92 Å². The summed E-state index contributed by atoms with van der Waals surface area (Å²) < 4.78 is 11.0. The van der Waals surface area contributed by atoms with Gasteiger partial charge in [0.2, 0.25) is 0 Å². The fourth-order valence-electron chi connectivity index (χ4n) is 2.28. The van der Waals surface area contributed by atoms with Crippen molar-refractivity contribution in [1.29, 1.82) is 0 Å². The van der Waals surface area contributed by atoms with Crippen molar-refractivity contribution in [2.75, 3.05) is 6.61 Å². The minimum Gasteiger partial charge on any atom is -0.489 e. The third kappa shape index (κ3) is 3.03. The lowest BCUT2D eigenvalue weighted by Gasteiger charge is -2.12. The molecule has 0 radical (unpaired) electrons. The third-order valence-electron chi connectivity index (χ3n) is 3.46. The van der Waals surface area contributed by atoms with Crippen LogP contribution >= 0.6 is 0 Å². The molecule has 0 spiro atoms. The van der Waals surface area contributed by atoms with Crippen molar-refractivity contribution in [2.24, 2.45) is 0 Å². The van der Waals surface area contributed by atoms with E-state index in [9.17, 15) is 9.59 Å². The summed E-state index contributed by atoms with van der Waals surface area (Å²) in [5, 5.41) is 9.62. The molecular weight excluding hydrogens is 284 g/mol. The molecule has 22 heavy (non-hydrogen) atoms. The summed E-state index contributed by atoms with van der Waals surface area (Å²) in [5.41, 5.74) is 2.20. The molecule has 0 saturated carbocycles. The summed E-state index contributed by atoms with van der Waals surface area (Å²) in [6.07, 6.45) is -0.350. The molecule has 0 bridgehead atoms. The van der Waals surface area contributed by atoms with Crippen LogP contribution in [0.15, 0.2) is 33.5 Å². The molecule has 1 aromatic carbocycles. The number of rotatable bonds is 5. The van der Waals surface area contributed by atoms with Gasteiger partial charge in [0, 0.05) is 10.9 Å². The normalized spacial score (nSPS) is 10.7. The van der Waals surface area contributed by atoms with Gasteiger partial charge in [-0.15, -0.1) is 0 Å². The van der Waals surface area contributed by atoms with Crippen molar-refractivity contribution in [2.45, 2.75) is 27.2 Å². The molecule has 0 aliphatic rings. The van der Waals surface area contributed by atoms with Crippen LogP contribution < -0.4 is 10.4 Å². The zero-order valence-electron chi connectivity index (χ0n) is 12.9. The highest BCUT2D eigenvalue weighted by Crippen LogP contribution is 2.29. The minimum atomic E-state index is -1.06. The van der Waals surface area contributed by atoms with Crippen LogP contribution in [0.1, 0.15) is 23.6 Å². The molecule has 1 N–H and O–H groups in total. The summed E-state index contributed by atoms with van der Waals surface area (Å²) in [6.45, 7) is 9.55. The minimum absolute atomic E-state index is 0.176. The SMILES string of the molecule is C=C(C)COc1ccc2c(C)c(CC(=O)O)c(=O)oc2c1C. The summed E-state index contributed by atoms with van der Waals surface area (Å²) in [4.78, 5) is 22.9. The van der Waals surface area contributed by atoms with E-state index in [0.29, 0.717) is 29.1 Å². The summed E-state index contributed by atoms with van der Waals surface area (Å²) in [6, 6.07) is 3.57. The number of fused-ring (bicyclic) bond motifs is 1. The van der Waals surface area contributed by atoms with Crippen molar-refractivity contribution in [1.82, 2.24) is 0 Å². The first-order valence-electron chi connectivity index (χ1n) is 6.86. The summed E-state index contributed by atoms with van der Waals surface area (Å²) in [5.74, 6) is -0.447. The van der Waals surface area contributed by atoms with Gasteiger partial charge in [-0.3, -0.25) is 4.79 Å². The standard InChI is InChI=1S/C17H18O5/c1-9(2)8-21-14-6-5-12-10(3)13(7-15(18)19)17(20)22-16(12)11(14)4/h5-6H,1,7-8H2,2-4H3,(H,18,19). The van der Waals surface area contributed by atoms with Crippen molar-refractivity contribution < 1.29 is 19.1 Å². The monoisotopic (exact) mass is 302 g/mol. The van der Waals surface area contributed by atoms with Gasteiger partial charge >= 0.3 is 11.6 Å². The number of ether oxygens (including phenoxy) is 1. The van der Waals surface area contributed by atoms with Crippen molar-refractivity contribution >= 4 is 16.9 Å². The zero-order valence-corrected chi connectivity index (χ0v) is 12.9. The highest BCUT2D eigenvalue weighted by Gasteiger charge is 2.17. The average Bonchev–Trinajstić information content (AvgIpc) is 2.43. The predicted octanol–water partition coefficient (Wildman–Crippen LogP) is 2.99. The van der Waals surface area contributed by atoms with E-state index in [1.165, 1.54) is 0 Å². The highest BCUT2D eigenvalue weighted by molar-refractivity contribution is 5.86. The molecule has 2 rings (SSSR count). The Kier molecular flexibility index (Phi) is 4.35. The van der Waals surface area contributed by atoms with Gasteiger partial charge in [-0.05, 0) is 44.0 Å². The molecule has 0 amide bonds. The Morgan fingerprint density at radius 1 is 1.32 bits per heavy atom. The quantitative estimate of drug-likeness (QED) is 0.678. The van der Waals surface area contributed by atoms with Gasteiger partial charge in [-0.2, -0.15) is 0 Å². The van der Waals surface area contributed by atoms with E-state index < -0.39 is 11.6 Å². The smallest absolute Gasteiger partial charge is 0.340 e. The molecule has 0 unspecified atom stereocenters. The van der Waals surface area contributed by atoms with Crippen molar-refractivity contribution in [3.05, 3.63) is 51.4 Å². The summed E-state index contributed by atoms with van der Waals surface area (Å²) in [7, 11) is 0. The number of aryl methyl sites for hydroxylation is 2. The average molecular weight is 302 g/mol. The summed E-state index contributed by atoms with van der Waals surface area (Å²) >= 11 is 0. The lowest BCUT2D eigenvalue weighted by atomic mass is 10.0. The van der Waals surface area contributed by atoms with Crippen LogP contribution in [-0.2, 0) is 11.2 Å². The largest absolute Gasteiger partial charge is 0.489 e. The van der Waals surface area contributed by atoms with Crippen LogP contribution in [0.4, 0.5) is 0 Å². The lowest BCUT2D eigenvalue weighted by Crippen LogP contribution is -2.15. The Labute approximate surface area is 127 Å². The van der Waals surface area contributed by atoms with E-state index >= 15 is 0 Å². The fourth-order valence-corrected chi connectivity index (χ4v) is 2.28. The van der Waals surface area contributed by atoms with Crippen LogP contribution in [0.25, 0.3) is 11.0 Å². The molecule has 2 aromatic rings. The molecule has 0 saturated heterocycles. The van der Waals surface area contributed by atoms with Crippen LogP contribution in [0, 0.1) is 13.8 Å². The van der Waals surface area contributed by atoms with E-state index in [0.717, 1.165) is 11.0 Å². The number of carboxylic acids is 1. The highest BCUT2D eigenvalue weighted by atomic mass is 16.5. The second kappa shape index (κ2) is 6.05. The Bertz CT molecular complexity index is 814. The molecule has 116 valence electrons. The number of hydrogen-bond acceptors (Lipinski definition) is 4.